The van der Waals surface area contributed by atoms with Gasteiger partial charge in [-0.25, -0.2) is 4.39 Å². The molecule has 1 amide bonds. The first-order chi connectivity index (χ1) is 19.5. The first-order valence-electron chi connectivity index (χ1n) is 14.1. The van der Waals surface area contributed by atoms with Gasteiger partial charge in [-0.3, -0.25) is 4.79 Å². The molecule has 258 valence electrons. The number of alkyl halides is 14. The summed E-state index contributed by atoms with van der Waals surface area (Å²) in [5.41, 5.74) is -6.10. The van der Waals surface area contributed by atoms with Crippen LogP contribution in [0.15, 0.2) is 0 Å². The maximum absolute atomic E-state index is 14.9. The van der Waals surface area contributed by atoms with E-state index in [1.165, 1.54) is 25.7 Å². The monoisotopic (exact) mass is 665 g/mol. The maximum Gasteiger partial charge on any atom is 0.460 e. The lowest BCUT2D eigenvalue weighted by atomic mass is 9.82. The minimum Gasteiger partial charge on any atom is -0.269 e. The molecular weight excluding hydrogens is 627 g/mol. The summed E-state index contributed by atoms with van der Waals surface area (Å²) in [6, 6.07) is 0. The molecule has 1 unspecified atom stereocenters. The van der Waals surface area contributed by atoms with Crippen LogP contribution in [0.5, 0.6) is 0 Å². The molecule has 0 aliphatic rings. The fourth-order valence-corrected chi connectivity index (χ4v) is 4.42. The Bertz CT molecular complexity index is 817. The van der Waals surface area contributed by atoms with Crippen LogP contribution in [0.1, 0.15) is 116 Å². The second-order valence-electron chi connectivity index (χ2n) is 10.6. The third-order valence-corrected chi connectivity index (χ3v) is 7.25. The van der Waals surface area contributed by atoms with Gasteiger partial charge in [0.15, 0.2) is 0 Å². The van der Waals surface area contributed by atoms with Gasteiger partial charge in [-0.05, 0) is 12.8 Å². The van der Waals surface area contributed by atoms with E-state index in [0.29, 0.717) is 12.8 Å². The molecule has 0 fully saturated rings. The van der Waals surface area contributed by atoms with Crippen LogP contribution in [0, 0.1) is 0 Å². The zero-order valence-electron chi connectivity index (χ0n) is 23.6. The number of hydrogen-bond donors (Lipinski definition) is 1. The average Bonchev–Trinajstić information content (AvgIpc) is 2.90. The molecule has 0 aliphatic carbocycles. The molecule has 1 N–H and O–H groups in total. The molecule has 0 saturated heterocycles. The zero-order chi connectivity index (χ0) is 33.8. The van der Waals surface area contributed by atoms with Crippen LogP contribution in [0.25, 0.3) is 0 Å². The third-order valence-electron chi connectivity index (χ3n) is 7.25. The van der Waals surface area contributed by atoms with Crippen LogP contribution < -0.4 is 5.54 Å². The number of carbonyl (C=O) groups excluding carboxylic acids is 1. The third kappa shape index (κ3) is 9.46. The molecule has 0 bridgehead atoms. The normalized spacial score (nSPS) is 15.4. The van der Waals surface area contributed by atoms with E-state index in [2.05, 4.69) is 6.92 Å². The quantitative estimate of drug-likeness (QED) is 0.0657. The van der Waals surface area contributed by atoms with Gasteiger partial charge in [0.1, 0.15) is 0 Å². The van der Waals surface area contributed by atoms with Crippen LogP contribution in [-0.2, 0) is 4.79 Å². The van der Waals surface area contributed by atoms with Crippen LogP contribution in [0.3, 0.4) is 0 Å². The molecule has 2 nitrogen and oxygen atoms in total. The lowest BCUT2D eigenvalue weighted by molar-refractivity contribution is -0.445. The van der Waals surface area contributed by atoms with Crippen LogP contribution in [0.2, 0.25) is 0 Å². The van der Waals surface area contributed by atoms with Gasteiger partial charge in [-0.15, -0.1) is 4.48 Å². The van der Waals surface area contributed by atoms with Gasteiger partial charge in [0.25, 0.3) is 11.6 Å². The minimum atomic E-state index is -8.29. The molecule has 0 spiro atoms. The molecule has 0 rings (SSSR count). The van der Waals surface area contributed by atoms with Crippen molar-refractivity contribution in [3.05, 3.63) is 0 Å². The Labute approximate surface area is 240 Å². The molecular formula is C26H38F15NO. The Morgan fingerprint density at radius 2 is 0.721 bits per heavy atom. The fourth-order valence-electron chi connectivity index (χ4n) is 4.42. The first kappa shape index (κ1) is 41.4. The van der Waals surface area contributed by atoms with E-state index in [4.69, 9.17) is 0 Å². The smallest absolute Gasteiger partial charge is 0.269 e. The van der Waals surface area contributed by atoms with Gasteiger partial charge in [-0.1, -0.05) is 103 Å². The van der Waals surface area contributed by atoms with E-state index in [9.17, 15) is 70.7 Å². The molecule has 17 heteroatoms. The lowest BCUT2D eigenvalue weighted by Crippen LogP contribution is -2.74. The summed E-state index contributed by atoms with van der Waals surface area (Å²) >= 11 is 0. The SMILES string of the molecule is CCCCCCCCCCCCCCCCCCC(F)(C(=O)NF)C(F)(F)C(F)(F)C(F)(F)C(F)(F)C(F)(F)C(F)(F)F. The number of nitrogens with one attached hydrogen (secondary N) is 1. The van der Waals surface area contributed by atoms with Crippen LogP contribution in [-0.4, -0.2) is 47.4 Å². The van der Waals surface area contributed by atoms with Gasteiger partial charge < -0.3 is 0 Å². The summed E-state index contributed by atoms with van der Waals surface area (Å²) in [6.45, 7) is 2.13. The van der Waals surface area contributed by atoms with Crippen molar-refractivity contribution < 1.29 is 70.7 Å². The summed E-state index contributed by atoms with van der Waals surface area (Å²) in [7, 11) is 0. The number of carbonyl (C=O) groups is 1. The number of amides is 1. The summed E-state index contributed by atoms with van der Waals surface area (Å²) in [5, 5.41) is 0. The molecule has 0 aromatic heterocycles. The summed E-state index contributed by atoms with van der Waals surface area (Å²) in [4.78, 5) is 11.4. The van der Waals surface area contributed by atoms with Gasteiger partial charge in [0, 0.05) is 0 Å². The van der Waals surface area contributed by atoms with E-state index < -0.39 is 60.2 Å². The Hall–Kier alpha value is -1.58. The van der Waals surface area contributed by atoms with E-state index >= 15 is 0 Å². The highest BCUT2D eigenvalue weighted by atomic mass is 19.4. The molecule has 1 atom stereocenters. The van der Waals surface area contributed by atoms with Gasteiger partial charge in [0.05, 0.1) is 0 Å². The van der Waals surface area contributed by atoms with Gasteiger partial charge >= 0.3 is 35.8 Å². The Morgan fingerprint density at radius 3 is 1.02 bits per heavy atom. The van der Waals surface area contributed by atoms with Crippen LogP contribution >= 0.6 is 0 Å². The highest BCUT2D eigenvalue weighted by molar-refractivity contribution is 5.85. The van der Waals surface area contributed by atoms with Gasteiger partial charge in [0.2, 0.25) is 0 Å². The summed E-state index contributed by atoms with van der Waals surface area (Å²) in [5.74, 6) is -43.3. The number of rotatable bonds is 23. The standard InChI is InChI=1S/C26H38F15NO/c1-2-3-4-5-6-7-8-9-10-11-12-13-14-15-16-17-18-20(27,19(43)42-41)21(28,29)22(30,31)23(32,33)24(34,35)25(36,37)26(38,39)40/h2-18H2,1H3,(H,42,43). The zero-order valence-corrected chi connectivity index (χ0v) is 23.6. The number of unbranched alkanes of at least 4 members (excludes halogenated alkanes) is 15. The average molecular weight is 666 g/mol. The Morgan fingerprint density at radius 1 is 0.442 bits per heavy atom. The van der Waals surface area contributed by atoms with Crippen molar-refractivity contribution in [1.82, 2.24) is 5.54 Å². The van der Waals surface area contributed by atoms with E-state index in [1.807, 2.05) is 0 Å². The number of halogens is 15. The van der Waals surface area contributed by atoms with Crippen molar-refractivity contribution in [3.8, 4) is 0 Å². The second-order valence-corrected chi connectivity index (χ2v) is 10.6. The molecule has 0 aliphatic heterocycles. The van der Waals surface area contributed by atoms with Crippen molar-refractivity contribution in [2.75, 3.05) is 0 Å². The fraction of sp³-hybridized carbons (Fsp3) is 0.962. The van der Waals surface area contributed by atoms with E-state index in [1.54, 1.807) is 0 Å². The largest absolute Gasteiger partial charge is 0.460 e. The Balaban J connectivity index is 5.11. The summed E-state index contributed by atoms with van der Waals surface area (Å²) < 4.78 is 202. The maximum atomic E-state index is 14.9. The predicted octanol–water partition coefficient (Wildman–Crippen LogP) is 11.1. The molecule has 0 radical (unpaired) electrons. The van der Waals surface area contributed by atoms with Crippen molar-refractivity contribution in [1.29, 1.82) is 0 Å². The van der Waals surface area contributed by atoms with Crippen molar-refractivity contribution >= 4 is 5.91 Å². The van der Waals surface area contributed by atoms with Crippen LogP contribution in [0.4, 0.5) is 65.9 Å². The molecule has 0 heterocycles. The first-order valence-corrected chi connectivity index (χ1v) is 14.1. The highest BCUT2D eigenvalue weighted by Gasteiger charge is 2.93. The van der Waals surface area contributed by atoms with Crippen molar-refractivity contribution in [3.63, 3.8) is 0 Å². The number of hydrogen-bond acceptors (Lipinski definition) is 1. The lowest BCUT2D eigenvalue weighted by Gasteiger charge is -2.43. The van der Waals surface area contributed by atoms with Crippen molar-refractivity contribution in [2.45, 2.75) is 158 Å². The van der Waals surface area contributed by atoms with E-state index in [0.717, 1.165) is 44.9 Å². The van der Waals surface area contributed by atoms with Gasteiger partial charge in [-0.2, -0.15) is 62.6 Å². The molecule has 0 aromatic carbocycles. The summed E-state index contributed by atoms with van der Waals surface area (Å²) in [6.07, 6.45) is 1.76. The second kappa shape index (κ2) is 16.6. The predicted molar refractivity (Wildman–Crippen MR) is 128 cm³/mol. The van der Waals surface area contributed by atoms with E-state index in [-0.39, 0.29) is 18.4 Å². The molecule has 0 aromatic rings. The molecule has 0 saturated carbocycles. The molecule has 43 heavy (non-hydrogen) atoms. The Kier molecular flexibility index (Phi) is 16.0. The minimum absolute atomic E-state index is 0.110. The highest BCUT2D eigenvalue weighted by Crippen LogP contribution is 2.62. The topological polar surface area (TPSA) is 29.1 Å². The van der Waals surface area contributed by atoms with Crippen molar-refractivity contribution in [2.24, 2.45) is 0 Å².